The molecule has 0 bridgehead atoms. The fourth-order valence-corrected chi connectivity index (χ4v) is 0.951. The standard InChI is InChI=1S/C10H11NO4/c1-6(2)15-10(14)8-3-7(9(12)13)4-11-5-8/h3-6H,1-2H3,(H,12,13). The number of ether oxygens (including phenoxy) is 1. The molecule has 0 aliphatic rings. The van der Waals surface area contributed by atoms with Crippen LogP contribution in [0.3, 0.4) is 0 Å². The third-order valence-electron chi connectivity index (χ3n) is 1.56. The Kier molecular flexibility index (Phi) is 3.38. The summed E-state index contributed by atoms with van der Waals surface area (Å²) >= 11 is 0. The highest BCUT2D eigenvalue weighted by molar-refractivity contribution is 5.93. The van der Waals surface area contributed by atoms with Crippen molar-refractivity contribution >= 4 is 11.9 Å². The van der Waals surface area contributed by atoms with Crippen molar-refractivity contribution in [1.82, 2.24) is 4.98 Å². The molecule has 5 nitrogen and oxygen atoms in total. The molecule has 0 saturated heterocycles. The Labute approximate surface area is 86.7 Å². The molecule has 5 heteroatoms. The molecule has 1 aromatic rings. The van der Waals surface area contributed by atoms with E-state index in [9.17, 15) is 9.59 Å². The Bertz CT molecular complexity index is 387. The fraction of sp³-hybridized carbons (Fsp3) is 0.300. The number of carboxylic acids is 1. The SMILES string of the molecule is CC(C)OC(=O)c1cncc(C(=O)O)c1. The molecule has 1 heterocycles. The first kappa shape index (κ1) is 11.2. The molecule has 80 valence electrons. The van der Waals surface area contributed by atoms with Crippen molar-refractivity contribution in [1.29, 1.82) is 0 Å². The zero-order chi connectivity index (χ0) is 11.4. The predicted molar refractivity (Wildman–Crippen MR) is 51.7 cm³/mol. The average molecular weight is 209 g/mol. The number of carboxylic acid groups (broad SMARTS) is 1. The highest BCUT2D eigenvalue weighted by atomic mass is 16.5. The van der Waals surface area contributed by atoms with Gasteiger partial charge in [0.15, 0.2) is 0 Å². The van der Waals surface area contributed by atoms with Crippen LogP contribution in [0.25, 0.3) is 0 Å². The molecule has 0 spiro atoms. The third kappa shape index (κ3) is 3.05. The van der Waals surface area contributed by atoms with Crippen LogP contribution in [0.1, 0.15) is 34.6 Å². The Morgan fingerprint density at radius 1 is 1.33 bits per heavy atom. The topological polar surface area (TPSA) is 76.5 Å². The van der Waals surface area contributed by atoms with Gasteiger partial charge in [0.2, 0.25) is 0 Å². The van der Waals surface area contributed by atoms with Crippen LogP contribution in [0, 0.1) is 0 Å². The molecule has 1 aromatic heterocycles. The number of hydrogen-bond acceptors (Lipinski definition) is 4. The lowest BCUT2D eigenvalue weighted by atomic mass is 10.2. The van der Waals surface area contributed by atoms with Gasteiger partial charge in [-0.1, -0.05) is 0 Å². The van der Waals surface area contributed by atoms with E-state index in [0.717, 1.165) is 0 Å². The second kappa shape index (κ2) is 4.54. The summed E-state index contributed by atoms with van der Waals surface area (Å²) in [6.07, 6.45) is 2.21. The second-order valence-corrected chi connectivity index (χ2v) is 3.22. The predicted octanol–water partition coefficient (Wildman–Crippen LogP) is 1.34. The van der Waals surface area contributed by atoms with Gasteiger partial charge < -0.3 is 9.84 Å². The van der Waals surface area contributed by atoms with Crippen molar-refractivity contribution in [2.24, 2.45) is 0 Å². The van der Waals surface area contributed by atoms with Crippen molar-refractivity contribution < 1.29 is 19.4 Å². The molecule has 0 atom stereocenters. The van der Waals surface area contributed by atoms with Crippen LogP contribution < -0.4 is 0 Å². The molecule has 0 unspecified atom stereocenters. The minimum absolute atomic E-state index is 0.0341. The molecule has 0 aromatic carbocycles. The first-order chi connectivity index (χ1) is 7.00. The second-order valence-electron chi connectivity index (χ2n) is 3.22. The number of hydrogen-bond donors (Lipinski definition) is 1. The Morgan fingerprint density at radius 3 is 2.47 bits per heavy atom. The summed E-state index contributed by atoms with van der Waals surface area (Å²) in [5.74, 6) is -1.69. The van der Waals surface area contributed by atoms with Crippen molar-refractivity contribution in [2.75, 3.05) is 0 Å². The van der Waals surface area contributed by atoms with Crippen molar-refractivity contribution in [3.8, 4) is 0 Å². The molecule has 1 rings (SSSR count). The Balaban J connectivity index is 2.90. The zero-order valence-corrected chi connectivity index (χ0v) is 8.43. The quantitative estimate of drug-likeness (QED) is 0.760. The lowest BCUT2D eigenvalue weighted by molar-refractivity contribution is 0.0377. The fourth-order valence-electron chi connectivity index (χ4n) is 0.951. The minimum Gasteiger partial charge on any atom is -0.478 e. The summed E-state index contributed by atoms with van der Waals surface area (Å²) in [5.41, 5.74) is 0.108. The van der Waals surface area contributed by atoms with Gasteiger partial charge in [-0.15, -0.1) is 0 Å². The number of carbonyl (C=O) groups is 2. The summed E-state index contributed by atoms with van der Waals surface area (Å²) < 4.78 is 4.90. The number of aromatic carboxylic acids is 1. The van der Waals surface area contributed by atoms with Crippen LogP contribution in [0.2, 0.25) is 0 Å². The lowest BCUT2D eigenvalue weighted by Crippen LogP contribution is -2.12. The van der Waals surface area contributed by atoms with E-state index in [-0.39, 0.29) is 17.2 Å². The normalized spacial score (nSPS) is 10.1. The Hall–Kier alpha value is -1.91. The summed E-state index contributed by atoms with van der Waals surface area (Å²) in [4.78, 5) is 25.6. The maximum absolute atomic E-state index is 11.4. The smallest absolute Gasteiger partial charge is 0.339 e. The number of rotatable bonds is 3. The number of esters is 1. The van der Waals surface area contributed by atoms with E-state index >= 15 is 0 Å². The highest BCUT2D eigenvalue weighted by Gasteiger charge is 2.12. The van der Waals surface area contributed by atoms with Gasteiger partial charge in [-0.05, 0) is 19.9 Å². The van der Waals surface area contributed by atoms with Crippen LogP contribution in [-0.2, 0) is 4.74 Å². The van der Waals surface area contributed by atoms with Crippen molar-refractivity contribution in [3.63, 3.8) is 0 Å². The Morgan fingerprint density at radius 2 is 1.93 bits per heavy atom. The third-order valence-corrected chi connectivity index (χ3v) is 1.56. The van der Waals surface area contributed by atoms with Gasteiger partial charge in [0.1, 0.15) is 0 Å². The van der Waals surface area contributed by atoms with Gasteiger partial charge >= 0.3 is 11.9 Å². The van der Waals surface area contributed by atoms with Gasteiger partial charge in [0.25, 0.3) is 0 Å². The number of pyridine rings is 1. The van der Waals surface area contributed by atoms with E-state index in [1.165, 1.54) is 18.5 Å². The van der Waals surface area contributed by atoms with E-state index < -0.39 is 11.9 Å². The van der Waals surface area contributed by atoms with Gasteiger partial charge in [0.05, 0.1) is 17.2 Å². The van der Waals surface area contributed by atoms with Crippen molar-refractivity contribution in [2.45, 2.75) is 20.0 Å². The van der Waals surface area contributed by atoms with Gasteiger partial charge in [-0.3, -0.25) is 4.98 Å². The van der Waals surface area contributed by atoms with E-state index in [4.69, 9.17) is 9.84 Å². The van der Waals surface area contributed by atoms with E-state index in [2.05, 4.69) is 4.98 Å². The number of aromatic nitrogens is 1. The zero-order valence-electron chi connectivity index (χ0n) is 8.43. The van der Waals surface area contributed by atoms with E-state index in [1.54, 1.807) is 13.8 Å². The van der Waals surface area contributed by atoms with Crippen LogP contribution >= 0.6 is 0 Å². The number of nitrogens with zero attached hydrogens (tertiary/aromatic N) is 1. The molecule has 0 amide bonds. The molecule has 0 aliphatic heterocycles. The molecule has 0 fully saturated rings. The maximum Gasteiger partial charge on any atom is 0.339 e. The van der Waals surface area contributed by atoms with Gasteiger partial charge in [-0.25, -0.2) is 9.59 Å². The molecule has 1 N–H and O–H groups in total. The lowest BCUT2D eigenvalue weighted by Gasteiger charge is -2.07. The largest absolute Gasteiger partial charge is 0.478 e. The van der Waals surface area contributed by atoms with Gasteiger partial charge in [0, 0.05) is 12.4 Å². The highest BCUT2D eigenvalue weighted by Crippen LogP contribution is 2.06. The van der Waals surface area contributed by atoms with E-state index in [0.29, 0.717) is 0 Å². The molecule has 0 aliphatic carbocycles. The first-order valence-electron chi connectivity index (χ1n) is 4.40. The monoisotopic (exact) mass is 209 g/mol. The summed E-state index contributed by atoms with van der Waals surface area (Å²) in [6, 6.07) is 1.24. The van der Waals surface area contributed by atoms with E-state index in [1.807, 2.05) is 0 Å². The van der Waals surface area contributed by atoms with Gasteiger partial charge in [-0.2, -0.15) is 0 Å². The minimum atomic E-state index is -1.12. The van der Waals surface area contributed by atoms with Crippen LogP contribution in [0.5, 0.6) is 0 Å². The first-order valence-corrected chi connectivity index (χ1v) is 4.40. The molecular formula is C10H11NO4. The summed E-state index contributed by atoms with van der Waals surface area (Å²) in [6.45, 7) is 3.43. The maximum atomic E-state index is 11.4. The molecule has 15 heavy (non-hydrogen) atoms. The van der Waals surface area contributed by atoms with Crippen LogP contribution in [-0.4, -0.2) is 28.1 Å². The summed E-state index contributed by atoms with van der Waals surface area (Å²) in [5, 5.41) is 8.68. The summed E-state index contributed by atoms with van der Waals surface area (Å²) in [7, 11) is 0. The number of carbonyl (C=O) groups excluding carboxylic acids is 1. The van der Waals surface area contributed by atoms with Crippen LogP contribution in [0.4, 0.5) is 0 Å². The molecule has 0 saturated carbocycles. The van der Waals surface area contributed by atoms with Crippen LogP contribution in [0.15, 0.2) is 18.5 Å². The van der Waals surface area contributed by atoms with Crippen molar-refractivity contribution in [3.05, 3.63) is 29.6 Å². The average Bonchev–Trinajstić information content (AvgIpc) is 2.17. The molecule has 0 radical (unpaired) electrons. The molecular weight excluding hydrogens is 198 g/mol.